The zero-order valence-electron chi connectivity index (χ0n) is 8.86. The highest BCUT2D eigenvalue weighted by Gasteiger charge is 2.33. The lowest BCUT2D eigenvalue weighted by atomic mass is 10.2. The van der Waals surface area contributed by atoms with Crippen LogP contribution in [0.3, 0.4) is 0 Å². The Hall–Kier alpha value is -1.24. The monoisotopic (exact) mass is 310 g/mol. The molecule has 1 aromatic carbocycles. The summed E-state index contributed by atoms with van der Waals surface area (Å²) in [5, 5.41) is 4.96. The van der Waals surface area contributed by atoms with E-state index in [1.807, 2.05) is 0 Å². The second-order valence-corrected chi connectivity index (χ2v) is 4.07. The van der Waals surface area contributed by atoms with Crippen LogP contribution in [0.1, 0.15) is 5.56 Å². The molecule has 7 heteroatoms. The van der Waals surface area contributed by atoms with E-state index in [1.54, 1.807) is 0 Å². The number of rotatable bonds is 3. The molecule has 0 aliphatic carbocycles. The summed E-state index contributed by atoms with van der Waals surface area (Å²) in [4.78, 5) is 10.9. The molecule has 1 aromatic rings. The summed E-state index contributed by atoms with van der Waals surface area (Å²) in [6, 6.07) is 3.70. The molecule has 0 saturated heterocycles. The van der Waals surface area contributed by atoms with Gasteiger partial charge >= 0.3 is 6.18 Å². The fraction of sp³-hybridized carbons (Fsp3) is 0.300. The van der Waals surface area contributed by atoms with Crippen molar-refractivity contribution in [2.24, 2.45) is 0 Å². The number of benzene rings is 1. The fourth-order valence-corrected chi connectivity index (χ4v) is 1.59. The van der Waals surface area contributed by atoms with Crippen molar-refractivity contribution >= 4 is 27.5 Å². The molecule has 0 spiro atoms. The second-order valence-electron chi connectivity index (χ2n) is 3.22. The van der Waals surface area contributed by atoms with E-state index in [-0.39, 0.29) is 22.6 Å². The highest BCUT2D eigenvalue weighted by atomic mass is 79.9. The molecule has 0 heterocycles. The van der Waals surface area contributed by atoms with E-state index in [1.165, 1.54) is 19.2 Å². The van der Waals surface area contributed by atoms with E-state index in [9.17, 15) is 18.0 Å². The predicted molar refractivity (Wildman–Crippen MR) is 61.7 cm³/mol. The van der Waals surface area contributed by atoms with Gasteiger partial charge in [0.2, 0.25) is 5.91 Å². The van der Waals surface area contributed by atoms with Crippen LogP contribution in [0.25, 0.3) is 0 Å². The largest absolute Gasteiger partial charge is 0.417 e. The van der Waals surface area contributed by atoms with Gasteiger partial charge in [-0.3, -0.25) is 4.79 Å². The molecule has 0 aromatic heterocycles. The zero-order chi connectivity index (χ0) is 13.1. The molecule has 17 heavy (non-hydrogen) atoms. The smallest absolute Gasteiger partial charge is 0.376 e. The van der Waals surface area contributed by atoms with Gasteiger partial charge in [-0.2, -0.15) is 13.2 Å². The summed E-state index contributed by atoms with van der Waals surface area (Å²) in [6.07, 6.45) is -4.43. The fourth-order valence-electron chi connectivity index (χ4n) is 1.12. The molecule has 0 aliphatic heterocycles. The Kier molecular flexibility index (Phi) is 4.39. The Morgan fingerprint density at radius 2 is 2.06 bits per heavy atom. The lowest BCUT2D eigenvalue weighted by molar-refractivity contribution is -0.138. The molecule has 0 saturated carbocycles. The highest BCUT2D eigenvalue weighted by Crippen LogP contribution is 2.36. The Bertz CT molecular complexity index is 421. The first kappa shape index (κ1) is 13.8. The summed E-state index contributed by atoms with van der Waals surface area (Å²) in [6.45, 7) is -0.0740. The van der Waals surface area contributed by atoms with Gasteiger partial charge in [-0.25, -0.2) is 0 Å². The van der Waals surface area contributed by atoms with Crippen LogP contribution in [0.2, 0.25) is 0 Å². The standard InChI is InChI=1S/C10H10BrF3N2O/c1-15-9(17)5-16-6-2-3-8(11)7(4-6)10(12,13)14/h2-4,16H,5H2,1H3,(H,15,17). The summed E-state index contributed by atoms with van der Waals surface area (Å²) in [5.41, 5.74) is -0.538. The summed E-state index contributed by atoms with van der Waals surface area (Å²) >= 11 is 2.83. The van der Waals surface area contributed by atoms with Gasteiger partial charge in [0, 0.05) is 17.2 Å². The van der Waals surface area contributed by atoms with Crippen molar-refractivity contribution in [1.29, 1.82) is 0 Å². The third-order valence-corrected chi connectivity index (χ3v) is 2.70. The van der Waals surface area contributed by atoms with Crippen LogP contribution in [0.5, 0.6) is 0 Å². The molecule has 0 radical (unpaired) electrons. The lowest BCUT2D eigenvalue weighted by Gasteiger charge is -2.12. The first-order valence-corrected chi connectivity index (χ1v) is 5.45. The summed E-state index contributed by atoms with van der Waals surface area (Å²) < 4.78 is 37.6. The molecule has 1 amide bonds. The normalized spacial score (nSPS) is 11.1. The molecule has 3 nitrogen and oxygen atoms in total. The molecular formula is C10H10BrF3N2O. The van der Waals surface area contributed by atoms with Crippen molar-refractivity contribution in [1.82, 2.24) is 5.32 Å². The number of halogens is 4. The minimum atomic E-state index is -4.43. The van der Waals surface area contributed by atoms with Gasteiger partial charge in [0.1, 0.15) is 0 Å². The SMILES string of the molecule is CNC(=O)CNc1ccc(Br)c(C(F)(F)F)c1. The molecule has 94 valence electrons. The average Bonchev–Trinajstić information content (AvgIpc) is 2.26. The molecule has 0 unspecified atom stereocenters. The van der Waals surface area contributed by atoms with Crippen molar-refractivity contribution < 1.29 is 18.0 Å². The Balaban J connectivity index is 2.86. The van der Waals surface area contributed by atoms with Crippen LogP contribution in [0, 0.1) is 0 Å². The predicted octanol–water partition coefficient (Wildman–Crippen LogP) is 2.63. The van der Waals surface area contributed by atoms with E-state index in [4.69, 9.17) is 0 Å². The van der Waals surface area contributed by atoms with Crippen LogP contribution < -0.4 is 10.6 Å². The minimum absolute atomic E-state index is 0.0320. The van der Waals surface area contributed by atoms with Gasteiger partial charge in [-0.1, -0.05) is 15.9 Å². The minimum Gasteiger partial charge on any atom is -0.376 e. The number of hydrogen-bond acceptors (Lipinski definition) is 2. The van der Waals surface area contributed by atoms with Crippen LogP contribution in [0.15, 0.2) is 22.7 Å². The second kappa shape index (κ2) is 5.39. The molecule has 0 atom stereocenters. The number of carbonyl (C=O) groups excluding carboxylic acids is 1. The van der Waals surface area contributed by atoms with Crippen molar-refractivity contribution in [3.8, 4) is 0 Å². The van der Waals surface area contributed by atoms with Gasteiger partial charge in [-0.05, 0) is 18.2 Å². The lowest BCUT2D eigenvalue weighted by Crippen LogP contribution is -2.26. The van der Waals surface area contributed by atoms with Gasteiger partial charge in [0.15, 0.2) is 0 Å². The third-order valence-electron chi connectivity index (χ3n) is 2.00. The van der Waals surface area contributed by atoms with Crippen LogP contribution in [-0.4, -0.2) is 19.5 Å². The molecular weight excluding hydrogens is 301 g/mol. The Morgan fingerprint density at radius 3 is 2.59 bits per heavy atom. The number of hydrogen-bond donors (Lipinski definition) is 2. The Morgan fingerprint density at radius 1 is 1.41 bits per heavy atom. The first-order valence-electron chi connectivity index (χ1n) is 4.66. The first-order chi connectivity index (χ1) is 7.84. The van der Waals surface area contributed by atoms with Crippen LogP contribution in [0.4, 0.5) is 18.9 Å². The van der Waals surface area contributed by atoms with Gasteiger partial charge in [-0.15, -0.1) is 0 Å². The highest BCUT2D eigenvalue weighted by molar-refractivity contribution is 9.10. The van der Waals surface area contributed by atoms with Crippen molar-refractivity contribution in [2.75, 3.05) is 18.9 Å². The molecule has 2 N–H and O–H groups in total. The van der Waals surface area contributed by atoms with Crippen molar-refractivity contribution in [2.45, 2.75) is 6.18 Å². The summed E-state index contributed by atoms with van der Waals surface area (Å²) in [7, 11) is 1.45. The number of nitrogens with one attached hydrogen (secondary N) is 2. The van der Waals surface area contributed by atoms with Crippen LogP contribution >= 0.6 is 15.9 Å². The van der Waals surface area contributed by atoms with E-state index in [2.05, 4.69) is 26.6 Å². The van der Waals surface area contributed by atoms with Crippen molar-refractivity contribution in [3.05, 3.63) is 28.2 Å². The zero-order valence-corrected chi connectivity index (χ0v) is 10.4. The number of amides is 1. The van der Waals surface area contributed by atoms with E-state index >= 15 is 0 Å². The topological polar surface area (TPSA) is 41.1 Å². The number of anilines is 1. The third kappa shape index (κ3) is 3.92. The van der Waals surface area contributed by atoms with Crippen molar-refractivity contribution in [3.63, 3.8) is 0 Å². The molecule has 0 bridgehead atoms. The maximum absolute atomic E-state index is 12.6. The molecule has 1 rings (SSSR count). The summed E-state index contributed by atoms with van der Waals surface area (Å²) in [5.74, 6) is -0.304. The maximum Gasteiger partial charge on any atom is 0.417 e. The van der Waals surface area contributed by atoms with E-state index in [0.717, 1.165) is 6.07 Å². The number of alkyl halides is 3. The quantitative estimate of drug-likeness (QED) is 0.901. The Labute approximate surface area is 105 Å². The maximum atomic E-state index is 12.6. The van der Waals surface area contributed by atoms with Crippen LogP contribution in [-0.2, 0) is 11.0 Å². The van der Waals surface area contributed by atoms with E-state index in [0.29, 0.717) is 0 Å². The van der Waals surface area contributed by atoms with Gasteiger partial charge in [0.25, 0.3) is 0 Å². The molecule has 0 fully saturated rings. The number of likely N-dealkylation sites (N-methyl/N-ethyl adjacent to an activating group) is 1. The van der Waals surface area contributed by atoms with E-state index < -0.39 is 11.7 Å². The van der Waals surface area contributed by atoms with Gasteiger partial charge in [0.05, 0.1) is 12.1 Å². The number of carbonyl (C=O) groups is 1. The van der Waals surface area contributed by atoms with Gasteiger partial charge < -0.3 is 10.6 Å². The average molecular weight is 311 g/mol. The molecule has 0 aliphatic rings.